The maximum atomic E-state index is 13.0. The Morgan fingerprint density at radius 3 is 2.48 bits per heavy atom. The summed E-state index contributed by atoms with van der Waals surface area (Å²) in [6.07, 6.45) is 5.50. The van der Waals surface area contributed by atoms with Gasteiger partial charge in [0.15, 0.2) is 0 Å². The van der Waals surface area contributed by atoms with E-state index in [-0.39, 0.29) is 23.3 Å². The smallest absolute Gasteiger partial charge is 0.243 e. The van der Waals surface area contributed by atoms with Gasteiger partial charge in [0.1, 0.15) is 5.82 Å². The van der Waals surface area contributed by atoms with Gasteiger partial charge in [0, 0.05) is 43.9 Å². The minimum atomic E-state index is -3.65. The van der Waals surface area contributed by atoms with Crippen LogP contribution in [0.4, 0.5) is 5.82 Å². The van der Waals surface area contributed by atoms with E-state index in [0.29, 0.717) is 31.0 Å². The number of piperidine rings is 2. The van der Waals surface area contributed by atoms with E-state index < -0.39 is 10.0 Å². The Bertz CT molecular complexity index is 1050. The Labute approximate surface area is 201 Å². The molecule has 2 fully saturated rings. The van der Waals surface area contributed by atoms with Gasteiger partial charge in [0.2, 0.25) is 15.9 Å². The highest BCUT2D eigenvalue weighted by atomic mass is 35.5. The number of hydrogen-bond donors (Lipinski definition) is 1. The van der Waals surface area contributed by atoms with Gasteiger partial charge in [-0.2, -0.15) is 4.31 Å². The van der Waals surface area contributed by atoms with Crippen molar-refractivity contribution < 1.29 is 13.2 Å². The minimum absolute atomic E-state index is 0.125. The van der Waals surface area contributed by atoms with Crippen LogP contribution >= 0.6 is 11.6 Å². The molecule has 0 saturated carbocycles. The number of aromatic nitrogens is 1. The van der Waals surface area contributed by atoms with Crippen LogP contribution in [0.15, 0.2) is 47.5 Å². The molecule has 9 heteroatoms. The van der Waals surface area contributed by atoms with Crippen molar-refractivity contribution in [3.8, 4) is 0 Å². The summed E-state index contributed by atoms with van der Waals surface area (Å²) >= 11 is 5.88. The number of pyridine rings is 1. The lowest BCUT2D eigenvalue weighted by atomic mass is 9.98. The van der Waals surface area contributed by atoms with Crippen LogP contribution in [0.3, 0.4) is 0 Å². The van der Waals surface area contributed by atoms with Gasteiger partial charge >= 0.3 is 0 Å². The fraction of sp³-hybridized carbons (Fsp3) is 0.500. The van der Waals surface area contributed by atoms with Crippen LogP contribution in [0.2, 0.25) is 5.02 Å². The zero-order chi connectivity index (χ0) is 23.4. The van der Waals surface area contributed by atoms with Gasteiger partial charge in [0.25, 0.3) is 0 Å². The Hall–Kier alpha value is -2.16. The van der Waals surface area contributed by atoms with E-state index in [4.69, 9.17) is 11.6 Å². The third-order valence-electron chi connectivity index (χ3n) is 6.59. The quantitative estimate of drug-likeness (QED) is 0.667. The van der Waals surface area contributed by atoms with Crippen molar-refractivity contribution in [2.24, 2.45) is 11.8 Å². The third-order valence-corrected chi connectivity index (χ3v) is 8.72. The first kappa shape index (κ1) is 24.0. The van der Waals surface area contributed by atoms with Crippen LogP contribution < -0.4 is 10.2 Å². The molecule has 0 radical (unpaired) electrons. The molecule has 2 saturated heterocycles. The molecule has 1 N–H and O–H groups in total. The first-order valence-electron chi connectivity index (χ1n) is 11.6. The molecule has 1 aromatic heterocycles. The molecule has 2 aliphatic rings. The zero-order valence-electron chi connectivity index (χ0n) is 18.9. The van der Waals surface area contributed by atoms with Crippen molar-refractivity contribution in [1.29, 1.82) is 0 Å². The van der Waals surface area contributed by atoms with Crippen LogP contribution in [0.5, 0.6) is 0 Å². The summed E-state index contributed by atoms with van der Waals surface area (Å²) in [6, 6.07) is 10.1. The molecule has 0 spiro atoms. The number of nitrogens with one attached hydrogen (secondary N) is 1. The van der Waals surface area contributed by atoms with E-state index >= 15 is 0 Å². The Balaban J connectivity index is 1.31. The van der Waals surface area contributed by atoms with Gasteiger partial charge in [-0.25, -0.2) is 13.4 Å². The van der Waals surface area contributed by atoms with Gasteiger partial charge in [-0.3, -0.25) is 4.79 Å². The first-order valence-corrected chi connectivity index (χ1v) is 13.4. The molecule has 2 aliphatic heterocycles. The largest absolute Gasteiger partial charge is 0.357 e. The van der Waals surface area contributed by atoms with Crippen molar-refractivity contribution in [2.75, 3.05) is 31.1 Å². The number of amides is 1. The van der Waals surface area contributed by atoms with Crippen molar-refractivity contribution in [3.05, 3.63) is 53.2 Å². The Kier molecular flexibility index (Phi) is 7.56. The normalized spacial score (nSPS) is 20.5. The topological polar surface area (TPSA) is 82.6 Å². The molecule has 33 heavy (non-hydrogen) atoms. The molecular formula is C24H31ClN4O3S. The summed E-state index contributed by atoms with van der Waals surface area (Å²) < 4.78 is 27.3. The van der Waals surface area contributed by atoms with E-state index in [9.17, 15) is 13.2 Å². The zero-order valence-corrected chi connectivity index (χ0v) is 20.5. The summed E-state index contributed by atoms with van der Waals surface area (Å²) in [5, 5.41) is 3.45. The standard InChI is InChI=1S/C24H31ClN4O3S/c1-18-10-13-28(14-11-18)23-9-4-19(15-26-23)16-27-24(30)20-3-2-12-29(17-20)33(31,32)22-7-5-21(25)6-8-22/h4-9,15,18,20H,2-3,10-14,16-17H2,1H3,(H,27,30). The average Bonchev–Trinajstić information content (AvgIpc) is 2.84. The lowest BCUT2D eigenvalue weighted by Crippen LogP contribution is -2.45. The maximum absolute atomic E-state index is 13.0. The molecule has 1 amide bonds. The molecular weight excluding hydrogens is 460 g/mol. The van der Waals surface area contributed by atoms with E-state index in [1.807, 2.05) is 18.3 Å². The molecule has 1 unspecified atom stereocenters. The average molecular weight is 491 g/mol. The second kappa shape index (κ2) is 10.4. The molecule has 0 bridgehead atoms. The van der Waals surface area contributed by atoms with Crippen LogP contribution in [0.25, 0.3) is 0 Å². The van der Waals surface area contributed by atoms with E-state index in [1.165, 1.54) is 29.3 Å². The van der Waals surface area contributed by atoms with Crippen LogP contribution in [0, 0.1) is 11.8 Å². The van der Waals surface area contributed by atoms with Crippen LogP contribution in [-0.4, -0.2) is 49.8 Å². The van der Waals surface area contributed by atoms with Crippen LogP contribution in [-0.2, 0) is 21.4 Å². The fourth-order valence-corrected chi connectivity index (χ4v) is 6.06. The van der Waals surface area contributed by atoms with Gasteiger partial charge in [-0.1, -0.05) is 24.6 Å². The predicted octanol–water partition coefficient (Wildman–Crippen LogP) is 3.69. The van der Waals surface area contributed by atoms with Crippen molar-refractivity contribution in [2.45, 2.75) is 44.0 Å². The van der Waals surface area contributed by atoms with E-state index in [1.54, 1.807) is 12.1 Å². The fourth-order valence-electron chi connectivity index (χ4n) is 4.41. The highest BCUT2D eigenvalue weighted by molar-refractivity contribution is 7.89. The second-order valence-corrected chi connectivity index (χ2v) is 11.4. The van der Waals surface area contributed by atoms with Gasteiger partial charge < -0.3 is 10.2 Å². The summed E-state index contributed by atoms with van der Waals surface area (Å²) in [4.78, 5) is 19.9. The lowest BCUT2D eigenvalue weighted by molar-refractivity contribution is -0.126. The summed E-state index contributed by atoms with van der Waals surface area (Å²) in [5.74, 6) is 1.25. The summed E-state index contributed by atoms with van der Waals surface area (Å²) in [7, 11) is -3.65. The van der Waals surface area contributed by atoms with Gasteiger partial charge in [-0.15, -0.1) is 0 Å². The van der Waals surface area contributed by atoms with Crippen molar-refractivity contribution in [1.82, 2.24) is 14.6 Å². The molecule has 1 atom stereocenters. The number of carbonyl (C=O) groups excluding carboxylic acids is 1. The Morgan fingerprint density at radius 1 is 1.09 bits per heavy atom. The number of halogens is 1. The number of rotatable bonds is 6. The van der Waals surface area contributed by atoms with E-state index in [2.05, 4.69) is 22.1 Å². The first-order chi connectivity index (χ1) is 15.8. The number of nitrogens with zero attached hydrogens (tertiary/aromatic N) is 3. The maximum Gasteiger partial charge on any atom is 0.243 e. The molecule has 4 rings (SSSR count). The lowest BCUT2D eigenvalue weighted by Gasteiger charge is -2.31. The van der Waals surface area contributed by atoms with E-state index in [0.717, 1.165) is 30.4 Å². The van der Waals surface area contributed by atoms with Gasteiger partial charge in [0.05, 0.1) is 10.8 Å². The number of carbonyl (C=O) groups is 1. The Morgan fingerprint density at radius 2 is 1.82 bits per heavy atom. The third kappa shape index (κ3) is 5.86. The van der Waals surface area contributed by atoms with Crippen molar-refractivity contribution >= 4 is 33.3 Å². The molecule has 2 aromatic rings. The molecule has 3 heterocycles. The number of hydrogen-bond acceptors (Lipinski definition) is 5. The molecule has 7 nitrogen and oxygen atoms in total. The van der Waals surface area contributed by atoms with Crippen molar-refractivity contribution in [3.63, 3.8) is 0 Å². The monoisotopic (exact) mass is 490 g/mol. The number of anilines is 1. The number of sulfonamides is 1. The molecule has 178 valence electrons. The minimum Gasteiger partial charge on any atom is -0.357 e. The summed E-state index contributed by atoms with van der Waals surface area (Å²) in [5.41, 5.74) is 0.930. The SMILES string of the molecule is CC1CCN(c2ccc(CNC(=O)C3CCCN(S(=O)(=O)c4ccc(Cl)cc4)C3)cn2)CC1. The number of benzene rings is 1. The van der Waals surface area contributed by atoms with Gasteiger partial charge in [-0.05, 0) is 67.5 Å². The highest BCUT2D eigenvalue weighted by Crippen LogP contribution is 2.25. The molecule has 0 aliphatic carbocycles. The summed E-state index contributed by atoms with van der Waals surface area (Å²) in [6.45, 7) is 5.32. The highest BCUT2D eigenvalue weighted by Gasteiger charge is 2.33. The predicted molar refractivity (Wildman–Crippen MR) is 130 cm³/mol. The molecule has 1 aromatic carbocycles. The second-order valence-electron chi connectivity index (χ2n) is 9.07. The van der Waals surface area contributed by atoms with Crippen LogP contribution in [0.1, 0.15) is 38.2 Å².